The van der Waals surface area contributed by atoms with Crippen LogP contribution in [0.5, 0.6) is 0 Å². The summed E-state index contributed by atoms with van der Waals surface area (Å²) in [5.41, 5.74) is 3.49. The zero-order chi connectivity index (χ0) is 19.8. The van der Waals surface area contributed by atoms with Gasteiger partial charge in [-0.15, -0.1) is 0 Å². The topological polar surface area (TPSA) is 59.0 Å². The number of halogens is 1. The van der Waals surface area contributed by atoms with Crippen molar-refractivity contribution in [2.45, 2.75) is 25.6 Å². The Balaban J connectivity index is 1.46. The quantitative estimate of drug-likeness (QED) is 0.639. The second-order valence-electron chi connectivity index (χ2n) is 6.96. The summed E-state index contributed by atoms with van der Waals surface area (Å²) in [4.78, 5) is 12.7. The lowest BCUT2D eigenvalue weighted by Gasteiger charge is -2.31. The van der Waals surface area contributed by atoms with Crippen LogP contribution in [0.1, 0.15) is 18.4 Å². The predicted octanol–water partition coefficient (Wildman–Crippen LogP) is 4.09. The number of likely N-dealkylation sites (tertiary alicyclic amines) is 1. The van der Waals surface area contributed by atoms with Gasteiger partial charge in [-0.1, -0.05) is 48.0 Å². The van der Waals surface area contributed by atoms with Crippen LogP contribution in [0.25, 0.3) is 11.1 Å². The smallest absolute Gasteiger partial charge is 0.329 e. The zero-order valence-corrected chi connectivity index (χ0v) is 16.6. The van der Waals surface area contributed by atoms with Crippen molar-refractivity contribution < 1.29 is 19.4 Å². The molecule has 0 atom stereocenters. The first-order chi connectivity index (χ1) is 13.6. The molecule has 150 valence electrons. The molecule has 1 aliphatic rings. The van der Waals surface area contributed by atoms with E-state index in [1.807, 2.05) is 36.4 Å². The Morgan fingerprint density at radius 3 is 2.54 bits per heavy atom. The molecule has 1 N–H and O–H groups in total. The number of piperidine rings is 1. The number of carboxylic acids is 1. The standard InChI is InChI=1S/C22H26ClNO4/c23-19-7-5-17(6-8-19)21-4-2-1-3-18(21)15-28-20-9-11-24(12-10-20)13-14-27-16-22(25)26/h1-8,20H,9-16H2,(H,25,26). The Morgan fingerprint density at radius 2 is 1.82 bits per heavy atom. The van der Waals surface area contributed by atoms with Crippen molar-refractivity contribution in [1.29, 1.82) is 0 Å². The lowest BCUT2D eigenvalue weighted by Crippen LogP contribution is -2.38. The minimum absolute atomic E-state index is 0.230. The van der Waals surface area contributed by atoms with Gasteiger partial charge in [0.25, 0.3) is 0 Å². The number of hydrogen-bond acceptors (Lipinski definition) is 4. The van der Waals surface area contributed by atoms with Crippen LogP contribution in [0.15, 0.2) is 48.5 Å². The summed E-state index contributed by atoms with van der Waals surface area (Å²) in [5.74, 6) is -0.925. The van der Waals surface area contributed by atoms with E-state index in [4.69, 9.17) is 26.2 Å². The van der Waals surface area contributed by atoms with E-state index in [-0.39, 0.29) is 12.7 Å². The van der Waals surface area contributed by atoms with Gasteiger partial charge in [-0.2, -0.15) is 0 Å². The molecule has 0 aliphatic carbocycles. The van der Waals surface area contributed by atoms with Crippen molar-refractivity contribution in [2.75, 3.05) is 32.8 Å². The highest BCUT2D eigenvalue weighted by Gasteiger charge is 2.20. The predicted molar refractivity (Wildman–Crippen MR) is 110 cm³/mol. The van der Waals surface area contributed by atoms with Gasteiger partial charge in [0.1, 0.15) is 6.61 Å². The van der Waals surface area contributed by atoms with Gasteiger partial charge in [0.15, 0.2) is 0 Å². The number of ether oxygens (including phenoxy) is 2. The second-order valence-corrected chi connectivity index (χ2v) is 7.40. The van der Waals surface area contributed by atoms with Gasteiger partial charge in [-0.25, -0.2) is 4.79 Å². The molecular weight excluding hydrogens is 378 g/mol. The van der Waals surface area contributed by atoms with Gasteiger partial charge in [-0.05, 0) is 41.7 Å². The van der Waals surface area contributed by atoms with Crippen LogP contribution < -0.4 is 0 Å². The van der Waals surface area contributed by atoms with Crippen LogP contribution in [0.4, 0.5) is 0 Å². The van der Waals surface area contributed by atoms with Crippen molar-refractivity contribution >= 4 is 17.6 Å². The Morgan fingerprint density at radius 1 is 1.11 bits per heavy atom. The first kappa shape index (κ1) is 20.8. The number of hydrogen-bond donors (Lipinski definition) is 1. The number of carboxylic acid groups (broad SMARTS) is 1. The normalized spacial score (nSPS) is 15.6. The summed E-state index contributed by atoms with van der Waals surface area (Å²) in [7, 11) is 0. The second kappa shape index (κ2) is 10.6. The van der Waals surface area contributed by atoms with Crippen LogP contribution in [0, 0.1) is 0 Å². The maximum atomic E-state index is 10.5. The van der Waals surface area contributed by atoms with Crippen molar-refractivity contribution in [3.63, 3.8) is 0 Å². The van der Waals surface area contributed by atoms with E-state index in [0.29, 0.717) is 13.2 Å². The summed E-state index contributed by atoms with van der Waals surface area (Å²) >= 11 is 6.00. The molecule has 3 rings (SSSR count). The van der Waals surface area contributed by atoms with E-state index in [0.717, 1.165) is 43.1 Å². The Hall–Kier alpha value is -1.92. The van der Waals surface area contributed by atoms with E-state index in [2.05, 4.69) is 17.0 Å². The molecule has 5 nitrogen and oxygen atoms in total. The highest BCUT2D eigenvalue weighted by molar-refractivity contribution is 6.30. The van der Waals surface area contributed by atoms with Crippen molar-refractivity contribution in [2.24, 2.45) is 0 Å². The van der Waals surface area contributed by atoms with Gasteiger partial charge in [0.2, 0.25) is 0 Å². The Labute approximate surface area is 170 Å². The molecule has 0 radical (unpaired) electrons. The monoisotopic (exact) mass is 403 g/mol. The van der Waals surface area contributed by atoms with Gasteiger partial charge in [0.05, 0.1) is 19.3 Å². The molecule has 0 aromatic heterocycles. The van der Waals surface area contributed by atoms with Gasteiger partial charge in [-0.3, -0.25) is 0 Å². The van der Waals surface area contributed by atoms with Crippen LogP contribution in [-0.4, -0.2) is 54.9 Å². The fourth-order valence-corrected chi connectivity index (χ4v) is 3.54. The van der Waals surface area contributed by atoms with E-state index in [9.17, 15) is 4.79 Å². The molecular formula is C22H26ClNO4. The van der Waals surface area contributed by atoms with Crippen LogP contribution in [0.3, 0.4) is 0 Å². The Kier molecular flexibility index (Phi) is 7.86. The lowest BCUT2D eigenvalue weighted by atomic mass is 10.00. The first-order valence-corrected chi connectivity index (χ1v) is 9.97. The van der Waals surface area contributed by atoms with Gasteiger partial charge >= 0.3 is 5.97 Å². The van der Waals surface area contributed by atoms with E-state index < -0.39 is 5.97 Å². The van der Waals surface area contributed by atoms with E-state index in [1.165, 1.54) is 11.1 Å². The molecule has 0 unspecified atom stereocenters. The SMILES string of the molecule is O=C(O)COCCN1CCC(OCc2ccccc2-c2ccc(Cl)cc2)CC1. The molecule has 1 aliphatic heterocycles. The van der Waals surface area contributed by atoms with Crippen LogP contribution in [-0.2, 0) is 20.9 Å². The average molecular weight is 404 g/mol. The maximum absolute atomic E-state index is 10.5. The number of nitrogens with zero attached hydrogens (tertiary/aromatic N) is 1. The van der Waals surface area contributed by atoms with Crippen LogP contribution in [0.2, 0.25) is 5.02 Å². The maximum Gasteiger partial charge on any atom is 0.329 e. The molecule has 0 spiro atoms. The molecule has 2 aromatic rings. The molecule has 28 heavy (non-hydrogen) atoms. The molecule has 2 aromatic carbocycles. The molecule has 0 amide bonds. The number of benzene rings is 2. The summed E-state index contributed by atoms with van der Waals surface area (Å²) in [6.45, 7) is 3.46. The molecule has 0 saturated carbocycles. The average Bonchev–Trinajstić information content (AvgIpc) is 2.71. The van der Waals surface area contributed by atoms with E-state index >= 15 is 0 Å². The van der Waals surface area contributed by atoms with Gasteiger partial charge < -0.3 is 19.5 Å². The minimum atomic E-state index is -0.925. The van der Waals surface area contributed by atoms with Crippen molar-refractivity contribution in [3.05, 3.63) is 59.1 Å². The fraction of sp³-hybridized carbons (Fsp3) is 0.409. The Bertz CT molecular complexity index is 757. The summed E-state index contributed by atoms with van der Waals surface area (Å²) in [5, 5.41) is 9.32. The highest BCUT2D eigenvalue weighted by Crippen LogP contribution is 2.26. The van der Waals surface area contributed by atoms with Gasteiger partial charge in [0, 0.05) is 24.7 Å². The van der Waals surface area contributed by atoms with E-state index in [1.54, 1.807) is 0 Å². The molecule has 1 heterocycles. The minimum Gasteiger partial charge on any atom is -0.480 e. The third-order valence-corrected chi connectivity index (χ3v) is 5.21. The van der Waals surface area contributed by atoms with Crippen LogP contribution >= 0.6 is 11.6 Å². The summed E-state index contributed by atoms with van der Waals surface area (Å²) in [6, 6.07) is 16.2. The summed E-state index contributed by atoms with van der Waals surface area (Å²) in [6.07, 6.45) is 2.19. The van der Waals surface area contributed by atoms with Crippen molar-refractivity contribution in [1.82, 2.24) is 4.90 Å². The number of carbonyl (C=O) groups is 1. The number of aliphatic carboxylic acids is 1. The lowest BCUT2D eigenvalue weighted by molar-refractivity contribution is -0.142. The third-order valence-electron chi connectivity index (χ3n) is 4.96. The fourth-order valence-electron chi connectivity index (χ4n) is 3.42. The third kappa shape index (κ3) is 6.31. The summed E-state index contributed by atoms with van der Waals surface area (Å²) < 4.78 is 11.3. The molecule has 0 bridgehead atoms. The largest absolute Gasteiger partial charge is 0.480 e. The molecule has 1 saturated heterocycles. The number of rotatable bonds is 9. The highest BCUT2D eigenvalue weighted by atomic mass is 35.5. The molecule has 6 heteroatoms. The zero-order valence-electron chi connectivity index (χ0n) is 15.9. The first-order valence-electron chi connectivity index (χ1n) is 9.59. The van der Waals surface area contributed by atoms with Crippen molar-refractivity contribution in [3.8, 4) is 11.1 Å². The molecule has 1 fully saturated rings.